The van der Waals surface area contributed by atoms with E-state index in [0.717, 1.165) is 12.8 Å². The predicted octanol–water partition coefficient (Wildman–Crippen LogP) is 3.09. The van der Waals surface area contributed by atoms with Crippen LogP contribution in [0.5, 0.6) is 0 Å². The Bertz CT molecular complexity index is 375. The van der Waals surface area contributed by atoms with Crippen molar-refractivity contribution in [3.63, 3.8) is 0 Å². The first-order chi connectivity index (χ1) is 8.93. The topological polar surface area (TPSA) is 35.5 Å². The first kappa shape index (κ1) is 15.9. The Labute approximate surface area is 116 Å². The van der Waals surface area contributed by atoms with Crippen LogP contribution in [0, 0.1) is 17.3 Å². The number of hydrogen-bond acceptors (Lipinski definition) is 3. The zero-order chi connectivity index (χ0) is 14.4. The van der Waals surface area contributed by atoms with Crippen LogP contribution in [0.25, 0.3) is 0 Å². The van der Waals surface area contributed by atoms with Crippen LogP contribution in [-0.2, 0) is 14.3 Å². The number of ether oxygens (including phenoxy) is 2. The average Bonchev–Trinajstić information content (AvgIpc) is 2.34. The van der Waals surface area contributed by atoms with Gasteiger partial charge in [0.05, 0.1) is 13.2 Å². The minimum Gasteiger partial charge on any atom is -0.350 e. The number of carbonyl (C=O) groups excluding carboxylic acids is 1. The molecule has 0 amide bonds. The predicted molar refractivity (Wildman–Crippen MR) is 75.5 cm³/mol. The highest BCUT2D eigenvalue weighted by Gasteiger charge is 2.38. The summed E-state index contributed by atoms with van der Waals surface area (Å²) in [6, 6.07) is 0. The van der Waals surface area contributed by atoms with Gasteiger partial charge in [0.1, 0.15) is 0 Å². The maximum Gasteiger partial charge on any atom is 0.205 e. The van der Waals surface area contributed by atoms with Crippen molar-refractivity contribution in [1.82, 2.24) is 0 Å². The SMILES string of the molecule is C=CCC1(CC#CC(=O)CCC)COC(C)(C)OC1. The van der Waals surface area contributed by atoms with Gasteiger partial charge in [-0.2, -0.15) is 0 Å². The van der Waals surface area contributed by atoms with E-state index >= 15 is 0 Å². The highest BCUT2D eigenvalue weighted by molar-refractivity contribution is 5.95. The molecule has 1 rings (SSSR count). The molecule has 1 saturated heterocycles. The Morgan fingerprint density at radius 1 is 1.37 bits per heavy atom. The van der Waals surface area contributed by atoms with Crippen LogP contribution in [0.4, 0.5) is 0 Å². The van der Waals surface area contributed by atoms with Gasteiger partial charge in [-0.05, 0) is 32.6 Å². The third-order valence-corrected chi connectivity index (χ3v) is 3.20. The Hall–Kier alpha value is -1.11. The molecule has 3 nitrogen and oxygen atoms in total. The monoisotopic (exact) mass is 264 g/mol. The molecule has 0 spiro atoms. The molecule has 0 aromatic rings. The van der Waals surface area contributed by atoms with Crippen LogP contribution >= 0.6 is 0 Å². The molecule has 1 aliphatic heterocycles. The lowest BCUT2D eigenvalue weighted by Crippen LogP contribution is -2.46. The van der Waals surface area contributed by atoms with Gasteiger partial charge in [0, 0.05) is 18.3 Å². The zero-order valence-corrected chi connectivity index (χ0v) is 12.3. The second-order valence-corrected chi connectivity index (χ2v) is 5.62. The van der Waals surface area contributed by atoms with Crippen molar-refractivity contribution in [2.45, 2.75) is 52.2 Å². The summed E-state index contributed by atoms with van der Waals surface area (Å²) in [5.41, 5.74) is -0.170. The van der Waals surface area contributed by atoms with Gasteiger partial charge in [-0.1, -0.05) is 18.9 Å². The number of allylic oxidation sites excluding steroid dienone is 1. The molecule has 0 radical (unpaired) electrons. The fourth-order valence-electron chi connectivity index (χ4n) is 1.96. The van der Waals surface area contributed by atoms with Crippen molar-refractivity contribution in [3.05, 3.63) is 12.7 Å². The first-order valence-corrected chi connectivity index (χ1v) is 6.83. The Morgan fingerprint density at radius 3 is 2.53 bits per heavy atom. The molecular formula is C16H24O3. The molecule has 1 heterocycles. The molecular weight excluding hydrogens is 240 g/mol. The third-order valence-electron chi connectivity index (χ3n) is 3.20. The molecule has 0 aromatic carbocycles. The van der Waals surface area contributed by atoms with Gasteiger partial charge >= 0.3 is 0 Å². The lowest BCUT2D eigenvalue weighted by molar-refractivity contribution is -0.284. The van der Waals surface area contributed by atoms with E-state index in [2.05, 4.69) is 18.4 Å². The summed E-state index contributed by atoms with van der Waals surface area (Å²) in [6.45, 7) is 10.7. The molecule has 106 valence electrons. The van der Waals surface area contributed by atoms with Crippen LogP contribution in [0.1, 0.15) is 46.5 Å². The minimum atomic E-state index is -0.532. The van der Waals surface area contributed by atoms with Crippen molar-refractivity contribution >= 4 is 5.78 Å². The van der Waals surface area contributed by atoms with Crippen molar-refractivity contribution < 1.29 is 14.3 Å². The summed E-state index contributed by atoms with van der Waals surface area (Å²) in [5.74, 6) is 5.16. The summed E-state index contributed by atoms with van der Waals surface area (Å²) in [5, 5.41) is 0. The van der Waals surface area contributed by atoms with Crippen molar-refractivity contribution in [2.75, 3.05) is 13.2 Å². The molecule has 0 unspecified atom stereocenters. The van der Waals surface area contributed by atoms with Gasteiger partial charge < -0.3 is 9.47 Å². The normalized spacial score (nSPS) is 20.2. The smallest absolute Gasteiger partial charge is 0.205 e. The lowest BCUT2D eigenvalue weighted by atomic mass is 9.82. The molecule has 0 saturated carbocycles. The maximum absolute atomic E-state index is 11.4. The second kappa shape index (κ2) is 6.88. The second-order valence-electron chi connectivity index (χ2n) is 5.62. The molecule has 0 aliphatic carbocycles. The van der Waals surface area contributed by atoms with Gasteiger partial charge in [0.2, 0.25) is 5.78 Å². The van der Waals surface area contributed by atoms with E-state index in [-0.39, 0.29) is 11.2 Å². The molecule has 3 heteroatoms. The highest BCUT2D eigenvalue weighted by atomic mass is 16.7. The number of rotatable bonds is 5. The summed E-state index contributed by atoms with van der Waals surface area (Å²) in [7, 11) is 0. The number of carbonyl (C=O) groups is 1. The quantitative estimate of drug-likeness (QED) is 0.435. The summed E-state index contributed by atoms with van der Waals surface area (Å²) in [4.78, 5) is 11.4. The third kappa shape index (κ3) is 5.18. The highest BCUT2D eigenvalue weighted by Crippen LogP contribution is 2.35. The summed E-state index contributed by atoms with van der Waals surface area (Å²) >= 11 is 0. The summed E-state index contributed by atoms with van der Waals surface area (Å²) < 4.78 is 11.4. The fraction of sp³-hybridized carbons (Fsp3) is 0.688. The van der Waals surface area contributed by atoms with E-state index in [4.69, 9.17) is 9.47 Å². The van der Waals surface area contributed by atoms with E-state index in [1.807, 2.05) is 26.8 Å². The molecule has 0 atom stereocenters. The van der Waals surface area contributed by atoms with Crippen molar-refractivity contribution in [3.8, 4) is 11.8 Å². The van der Waals surface area contributed by atoms with Crippen LogP contribution in [0.2, 0.25) is 0 Å². The van der Waals surface area contributed by atoms with Crippen molar-refractivity contribution in [2.24, 2.45) is 5.41 Å². The van der Waals surface area contributed by atoms with E-state index < -0.39 is 5.79 Å². The largest absolute Gasteiger partial charge is 0.350 e. The number of ketones is 1. The Balaban J connectivity index is 2.63. The first-order valence-electron chi connectivity index (χ1n) is 6.83. The average molecular weight is 264 g/mol. The Kier molecular flexibility index (Phi) is 5.78. The van der Waals surface area contributed by atoms with Crippen LogP contribution in [-0.4, -0.2) is 24.8 Å². The van der Waals surface area contributed by atoms with Gasteiger partial charge in [-0.25, -0.2) is 0 Å². The van der Waals surface area contributed by atoms with E-state index in [1.54, 1.807) is 0 Å². The van der Waals surface area contributed by atoms with Gasteiger partial charge in [-0.15, -0.1) is 6.58 Å². The van der Waals surface area contributed by atoms with Gasteiger partial charge in [0.25, 0.3) is 0 Å². The van der Waals surface area contributed by atoms with Gasteiger partial charge in [0.15, 0.2) is 5.79 Å². The van der Waals surface area contributed by atoms with Gasteiger partial charge in [-0.3, -0.25) is 4.79 Å². The molecule has 0 bridgehead atoms. The minimum absolute atomic E-state index is 0.00855. The lowest BCUT2D eigenvalue weighted by Gasteiger charge is -2.42. The van der Waals surface area contributed by atoms with E-state index in [0.29, 0.717) is 26.1 Å². The molecule has 1 fully saturated rings. The van der Waals surface area contributed by atoms with Crippen LogP contribution < -0.4 is 0 Å². The van der Waals surface area contributed by atoms with Crippen LogP contribution in [0.3, 0.4) is 0 Å². The van der Waals surface area contributed by atoms with E-state index in [1.165, 1.54) is 0 Å². The summed E-state index contributed by atoms with van der Waals surface area (Å²) in [6.07, 6.45) is 4.61. The molecule has 1 aliphatic rings. The number of Topliss-reactive ketones (excluding diaryl/α,β-unsaturated/α-hetero) is 1. The van der Waals surface area contributed by atoms with Crippen LogP contribution in [0.15, 0.2) is 12.7 Å². The maximum atomic E-state index is 11.4. The molecule has 0 aromatic heterocycles. The Morgan fingerprint density at radius 2 is 2.00 bits per heavy atom. The number of hydrogen-bond donors (Lipinski definition) is 0. The van der Waals surface area contributed by atoms with E-state index in [9.17, 15) is 4.79 Å². The molecule has 19 heavy (non-hydrogen) atoms. The fourth-order valence-corrected chi connectivity index (χ4v) is 1.96. The van der Waals surface area contributed by atoms with Crippen molar-refractivity contribution in [1.29, 1.82) is 0 Å². The standard InChI is InChI=1S/C16H24O3/c1-5-8-14(17)9-7-11-16(10-6-2)12-18-15(3,4)19-13-16/h6H,2,5,8,10-13H2,1,3-4H3. The molecule has 0 N–H and O–H groups in total. The zero-order valence-electron chi connectivity index (χ0n) is 12.3.